The molecular formula is C16H23N3O. The van der Waals surface area contributed by atoms with Crippen LogP contribution in [0.15, 0.2) is 18.5 Å². The van der Waals surface area contributed by atoms with E-state index in [0.717, 1.165) is 36.2 Å². The fourth-order valence-electron chi connectivity index (χ4n) is 3.33. The number of rotatable bonds is 2. The first kappa shape index (κ1) is 13.4. The van der Waals surface area contributed by atoms with Gasteiger partial charge in [-0.25, -0.2) is 0 Å². The zero-order chi connectivity index (χ0) is 14.5. The molecule has 0 bridgehead atoms. The van der Waals surface area contributed by atoms with Gasteiger partial charge in [-0.1, -0.05) is 20.8 Å². The molecule has 1 atom stereocenters. The minimum Gasteiger partial charge on any atom is -0.388 e. The smallest absolute Gasteiger partial charge is 0.0868 e. The lowest BCUT2D eigenvalue weighted by Gasteiger charge is -2.33. The summed E-state index contributed by atoms with van der Waals surface area (Å²) in [5.74, 6) is 0. The molecule has 4 heteroatoms. The van der Waals surface area contributed by atoms with Crippen molar-refractivity contribution in [2.45, 2.75) is 46.1 Å². The summed E-state index contributed by atoms with van der Waals surface area (Å²) in [5.41, 5.74) is 4.69. The standard InChI is InChI=1S/C16H23N3O/c1-5-12-14(10-18(4)17-12)19-7-6-11-13(19)8-16(2,3)9-15(11)20/h6-7,10,15,20H,5,8-9H2,1-4H3. The highest BCUT2D eigenvalue weighted by molar-refractivity contribution is 5.42. The van der Waals surface area contributed by atoms with Gasteiger partial charge in [-0.2, -0.15) is 5.10 Å². The fourth-order valence-corrected chi connectivity index (χ4v) is 3.33. The van der Waals surface area contributed by atoms with Crippen LogP contribution in [-0.4, -0.2) is 19.5 Å². The molecule has 0 aromatic carbocycles. The Labute approximate surface area is 120 Å². The number of aliphatic hydroxyl groups is 1. The number of fused-ring (bicyclic) bond motifs is 1. The first-order valence-corrected chi connectivity index (χ1v) is 7.32. The molecule has 0 aliphatic heterocycles. The number of aromatic nitrogens is 3. The molecule has 4 nitrogen and oxygen atoms in total. The van der Waals surface area contributed by atoms with Crippen molar-refractivity contribution < 1.29 is 5.11 Å². The molecule has 0 amide bonds. The van der Waals surface area contributed by atoms with Gasteiger partial charge in [0, 0.05) is 30.7 Å². The molecule has 2 aromatic rings. The third kappa shape index (κ3) is 2.08. The van der Waals surface area contributed by atoms with Gasteiger partial charge in [-0.05, 0) is 30.7 Å². The van der Waals surface area contributed by atoms with Crippen molar-refractivity contribution in [3.05, 3.63) is 35.4 Å². The van der Waals surface area contributed by atoms with Crippen LogP contribution in [0.1, 0.15) is 50.2 Å². The highest BCUT2D eigenvalue weighted by atomic mass is 16.3. The van der Waals surface area contributed by atoms with Crippen molar-refractivity contribution in [2.75, 3.05) is 0 Å². The number of hydrogen-bond acceptors (Lipinski definition) is 2. The summed E-state index contributed by atoms with van der Waals surface area (Å²) in [6.07, 6.45) is 6.52. The lowest BCUT2D eigenvalue weighted by atomic mass is 9.75. The average Bonchev–Trinajstić information content (AvgIpc) is 2.90. The van der Waals surface area contributed by atoms with E-state index in [4.69, 9.17) is 0 Å². The van der Waals surface area contributed by atoms with Crippen LogP contribution in [0.3, 0.4) is 0 Å². The van der Waals surface area contributed by atoms with Crippen LogP contribution >= 0.6 is 0 Å². The maximum atomic E-state index is 10.4. The summed E-state index contributed by atoms with van der Waals surface area (Å²) in [4.78, 5) is 0. The van der Waals surface area contributed by atoms with E-state index in [9.17, 15) is 5.11 Å². The lowest BCUT2D eigenvalue weighted by Crippen LogP contribution is -2.26. The molecule has 0 saturated heterocycles. The summed E-state index contributed by atoms with van der Waals surface area (Å²) < 4.78 is 4.08. The third-order valence-electron chi connectivity index (χ3n) is 4.26. The molecule has 1 aliphatic carbocycles. The zero-order valence-corrected chi connectivity index (χ0v) is 12.7. The van der Waals surface area contributed by atoms with E-state index >= 15 is 0 Å². The molecular weight excluding hydrogens is 250 g/mol. The van der Waals surface area contributed by atoms with Crippen LogP contribution in [0, 0.1) is 5.41 Å². The summed E-state index contributed by atoms with van der Waals surface area (Å²) in [6, 6.07) is 2.06. The van der Waals surface area contributed by atoms with E-state index < -0.39 is 0 Å². The molecule has 2 aromatic heterocycles. The minimum absolute atomic E-state index is 0.136. The highest BCUT2D eigenvalue weighted by Crippen LogP contribution is 2.42. The van der Waals surface area contributed by atoms with Crippen LogP contribution in [0.25, 0.3) is 5.69 Å². The molecule has 0 spiro atoms. The molecule has 0 fully saturated rings. The second-order valence-electron chi connectivity index (χ2n) is 6.64. The Balaban J connectivity index is 2.13. The van der Waals surface area contributed by atoms with Gasteiger partial charge in [-0.15, -0.1) is 0 Å². The predicted molar refractivity (Wildman–Crippen MR) is 79.0 cm³/mol. The van der Waals surface area contributed by atoms with Gasteiger partial charge in [0.25, 0.3) is 0 Å². The third-order valence-corrected chi connectivity index (χ3v) is 4.26. The van der Waals surface area contributed by atoms with Crippen LogP contribution in [-0.2, 0) is 19.9 Å². The van der Waals surface area contributed by atoms with Crippen molar-refractivity contribution >= 4 is 0 Å². The molecule has 1 unspecified atom stereocenters. The fraction of sp³-hybridized carbons (Fsp3) is 0.562. The van der Waals surface area contributed by atoms with E-state index in [0.29, 0.717) is 0 Å². The Bertz CT molecular complexity index is 636. The molecule has 108 valence electrons. The van der Waals surface area contributed by atoms with E-state index in [1.807, 2.05) is 11.7 Å². The Morgan fingerprint density at radius 3 is 2.90 bits per heavy atom. The maximum Gasteiger partial charge on any atom is 0.0868 e. The molecule has 3 rings (SSSR count). The van der Waals surface area contributed by atoms with Crippen molar-refractivity contribution in [3.8, 4) is 5.69 Å². The number of aliphatic hydroxyl groups excluding tert-OH is 1. The molecule has 20 heavy (non-hydrogen) atoms. The topological polar surface area (TPSA) is 43.0 Å². The van der Waals surface area contributed by atoms with Crippen molar-refractivity contribution in [1.82, 2.24) is 14.3 Å². The summed E-state index contributed by atoms with van der Waals surface area (Å²) in [6.45, 7) is 6.57. The summed E-state index contributed by atoms with van der Waals surface area (Å²) in [5, 5.41) is 14.9. The molecule has 1 aliphatic rings. The Morgan fingerprint density at radius 2 is 2.20 bits per heavy atom. The second kappa shape index (κ2) is 4.48. The van der Waals surface area contributed by atoms with Crippen molar-refractivity contribution in [1.29, 1.82) is 0 Å². The van der Waals surface area contributed by atoms with Gasteiger partial charge in [-0.3, -0.25) is 4.68 Å². The number of nitrogens with zero attached hydrogens (tertiary/aromatic N) is 3. The van der Waals surface area contributed by atoms with Crippen LogP contribution in [0.2, 0.25) is 0 Å². The molecule has 0 radical (unpaired) electrons. The minimum atomic E-state index is -0.350. The summed E-state index contributed by atoms with van der Waals surface area (Å²) in [7, 11) is 1.96. The lowest BCUT2D eigenvalue weighted by molar-refractivity contribution is 0.0987. The van der Waals surface area contributed by atoms with Gasteiger partial charge in [0.15, 0.2) is 0 Å². The molecule has 0 saturated carbocycles. The van der Waals surface area contributed by atoms with Gasteiger partial charge in [0.05, 0.1) is 17.5 Å². The molecule has 1 N–H and O–H groups in total. The Hall–Kier alpha value is -1.55. The van der Waals surface area contributed by atoms with Gasteiger partial charge in [0.1, 0.15) is 0 Å². The van der Waals surface area contributed by atoms with Gasteiger partial charge < -0.3 is 9.67 Å². The SMILES string of the molecule is CCc1nn(C)cc1-n1ccc2c1CC(C)(C)CC2O. The predicted octanol–water partition coefficient (Wildman–Crippen LogP) is 2.78. The molecule has 2 heterocycles. The highest BCUT2D eigenvalue weighted by Gasteiger charge is 2.33. The number of hydrogen-bond donors (Lipinski definition) is 1. The summed E-state index contributed by atoms with van der Waals surface area (Å²) >= 11 is 0. The monoisotopic (exact) mass is 273 g/mol. The van der Waals surface area contributed by atoms with Crippen molar-refractivity contribution in [3.63, 3.8) is 0 Å². The van der Waals surface area contributed by atoms with Crippen LogP contribution < -0.4 is 0 Å². The zero-order valence-electron chi connectivity index (χ0n) is 12.7. The number of aryl methyl sites for hydroxylation is 2. The first-order chi connectivity index (χ1) is 9.41. The average molecular weight is 273 g/mol. The maximum absolute atomic E-state index is 10.4. The first-order valence-electron chi connectivity index (χ1n) is 7.32. The van der Waals surface area contributed by atoms with E-state index in [2.05, 4.69) is 48.9 Å². The quantitative estimate of drug-likeness (QED) is 0.914. The van der Waals surface area contributed by atoms with E-state index in [1.165, 1.54) is 5.69 Å². The van der Waals surface area contributed by atoms with Crippen LogP contribution in [0.4, 0.5) is 0 Å². The normalized spacial score (nSPS) is 20.9. The van der Waals surface area contributed by atoms with Crippen molar-refractivity contribution in [2.24, 2.45) is 12.5 Å². The largest absolute Gasteiger partial charge is 0.388 e. The van der Waals surface area contributed by atoms with E-state index in [1.54, 1.807) is 0 Å². The van der Waals surface area contributed by atoms with Crippen LogP contribution in [0.5, 0.6) is 0 Å². The van der Waals surface area contributed by atoms with E-state index in [-0.39, 0.29) is 11.5 Å². The second-order valence-corrected chi connectivity index (χ2v) is 6.64. The Morgan fingerprint density at radius 1 is 1.45 bits per heavy atom. The van der Waals surface area contributed by atoms with Gasteiger partial charge in [0.2, 0.25) is 0 Å². The van der Waals surface area contributed by atoms with Gasteiger partial charge >= 0.3 is 0 Å². The Kier molecular flexibility index (Phi) is 3.01.